The molecule has 4 rings (SSSR count). The molecule has 0 radical (unpaired) electrons. The Morgan fingerprint density at radius 3 is 2.58 bits per heavy atom. The number of rotatable bonds is 5. The van der Waals surface area contributed by atoms with Gasteiger partial charge in [0.2, 0.25) is 0 Å². The summed E-state index contributed by atoms with van der Waals surface area (Å²) < 4.78 is 1.87. The van der Waals surface area contributed by atoms with Crippen molar-refractivity contribution in [3.05, 3.63) is 84.2 Å². The van der Waals surface area contributed by atoms with Gasteiger partial charge in [0.1, 0.15) is 17.2 Å². The summed E-state index contributed by atoms with van der Waals surface area (Å²) in [6.45, 7) is 0.529. The first kappa shape index (κ1) is 16.2. The lowest BCUT2D eigenvalue weighted by Crippen LogP contribution is -2.02. The van der Waals surface area contributed by atoms with Crippen molar-refractivity contribution in [2.75, 3.05) is 5.32 Å². The predicted molar refractivity (Wildman–Crippen MR) is 101 cm³/mol. The molecule has 3 aromatic heterocycles. The van der Waals surface area contributed by atoms with Crippen molar-refractivity contribution in [2.45, 2.75) is 6.54 Å². The third kappa shape index (κ3) is 3.41. The fourth-order valence-corrected chi connectivity index (χ4v) is 2.80. The summed E-state index contributed by atoms with van der Waals surface area (Å²) in [5.41, 5.74) is 3.90. The molecule has 0 bridgehead atoms. The molecule has 6 nitrogen and oxygen atoms in total. The fraction of sp³-hybridized carbons (Fsp3) is 0.0526. The zero-order valence-electron chi connectivity index (χ0n) is 13.7. The summed E-state index contributed by atoms with van der Waals surface area (Å²) in [4.78, 5) is 12.2. The maximum absolute atomic E-state index is 6.13. The van der Waals surface area contributed by atoms with Crippen LogP contribution in [-0.2, 0) is 6.54 Å². The van der Waals surface area contributed by atoms with Crippen molar-refractivity contribution in [1.82, 2.24) is 24.7 Å². The Balaban J connectivity index is 1.70. The number of halogens is 1. The van der Waals surface area contributed by atoms with Crippen LogP contribution < -0.4 is 5.32 Å². The van der Waals surface area contributed by atoms with E-state index in [1.807, 2.05) is 53.3 Å². The Morgan fingerprint density at radius 2 is 1.81 bits per heavy atom. The molecule has 4 aromatic rings. The number of hydrogen-bond acceptors (Lipinski definition) is 5. The largest absolute Gasteiger partial charge is 0.365 e. The lowest BCUT2D eigenvalue weighted by Gasteiger charge is -2.06. The quantitative estimate of drug-likeness (QED) is 0.581. The van der Waals surface area contributed by atoms with E-state index in [0.29, 0.717) is 17.4 Å². The molecule has 0 aliphatic carbocycles. The summed E-state index contributed by atoms with van der Waals surface area (Å²) in [6, 6.07) is 13.9. The van der Waals surface area contributed by atoms with Crippen LogP contribution in [0.2, 0.25) is 5.02 Å². The van der Waals surface area contributed by atoms with E-state index >= 15 is 0 Å². The Hall–Kier alpha value is -3.25. The molecule has 3 heterocycles. The van der Waals surface area contributed by atoms with Gasteiger partial charge in [0.25, 0.3) is 0 Å². The maximum atomic E-state index is 6.13. The fourth-order valence-electron chi connectivity index (χ4n) is 2.63. The van der Waals surface area contributed by atoms with Gasteiger partial charge in [-0.1, -0.05) is 29.8 Å². The van der Waals surface area contributed by atoms with Crippen LogP contribution >= 0.6 is 11.6 Å². The van der Waals surface area contributed by atoms with Crippen LogP contribution in [-0.4, -0.2) is 24.7 Å². The Morgan fingerprint density at radius 1 is 1.00 bits per heavy atom. The van der Waals surface area contributed by atoms with Gasteiger partial charge in [-0.3, -0.25) is 4.98 Å². The van der Waals surface area contributed by atoms with Gasteiger partial charge in [-0.25, -0.2) is 14.6 Å². The second-order valence-electron chi connectivity index (χ2n) is 5.59. The average molecular weight is 363 g/mol. The normalized spacial score (nSPS) is 10.7. The first-order chi connectivity index (χ1) is 12.8. The number of para-hydroxylation sites is 1. The van der Waals surface area contributed by atoms with Crippen LogP contribution in [0.15, 0.2) is 73.6 Å². The van der Waals surface area contributed by atoms with Crippen LogP contribution in [0.5, 0.6) is 0 Å². The highest BCUT2D eigenvalue weighted by Gasteiger charge is 2.13. The van der Waals surface area contributed by atoms with Crippen LogP contribution in [0.25, 0.3) is 16.9 Å². The standard InChI is InChI=1S/C19H15ClN6/c20-17-11-22-13-24-19(17)23-10-15-12-26(16-4-2-1-3-5-16)25-18(15)14-6-8-21-9-7-14/h1-9,11-13H,10H2,(H,22,23,24). The topological polar surface area (TPSA) is 68.5 Å². The second-order valence-corrected chi connectivity index (χ2v) is 6.00. The number of aromatic nitrogens is 5. The summed E-state index contributed by atoms with van der Waals surface area (Å²) in [5.74, 6) is 0.592. The van der Waals surface area contributed by atoms with Gasteiger partial charge >= 0.3 is 0 Å². The van der Waals surface area contributed by atoms with Gasteiger partial charge in [0.05, 0.1) is 17.6 Å². The minimum Gasteiger partial charge on any atom is -0.365 e. The van der Waals surface area contributed by atoms with Crippen LogP contribution in [0, 0.1) is 0 Å². The Bertz CT molecular complexity index is 1000. The number of hydrogen-bond donors (Lipinski definition) is 1. The predicted octanol–water partition coefficient (Wildman–Crippen LogP) is 3.99. The van der Waals surface area contributed by atoms with Gasteiger partial charge in [0.15, 0.2) is 0 Å². The van der Waals surface area contributed by atoms with E-state index < -0.39 is 0 Å². The molecule has 1 N–H and O–H groups in total. The summed E-state index contributed by atoms with van der Waals surface area (Å²) >= 11 is 6.13. The third-order valence-corrected chi connectivity index (χ3v) is 4.15. The maximum Gasteiger partial charge on any atom is 0.148 e. The lowest BCUT2D eigenvalue weighted by atomic mass is 10.1. The third-order valence-electron chi connectivity index (χ3n) is 3.88. The van der Waals surface area contributed by atoms with Crippen molar-refractivity contribution >= 4 is 17.4 Å². The molecule has 0 unspecified atom stereocenters. The van der Waals surface area contributed by atoms with Gasteiger partial charge in [-0.05, 0) is 24.3 Å². The zero-order chi connectivity index (χ0) is 17.8. The molecular weight excluding hydrogens is 348 g/mol. The SMILES string of the molecule is Clc1cncnc1NCc1cn(-c2ccccc2)nc1-c1ccncc1. The molecule has 0 saturated heterocycles. The molecule has 0 amide bonds. The molecule has 0 spiro atoms. The van der Waals surface area contributed by atoms with E-state index in [2.05, 4.69) is 20.3 Å². The highest BCUT2D eigenvalue weighted by Crippen LogP contribution is 2.25. The summed E-state index contributed by atoms with van der Waals surface area (Å²) in [5, 5.41) is 8.50. The van der Waals surface area contributed by atoms with Crippen LogP contribution in [0.4, 0.5) is 5.82 Å². The van der Waals surface area contributed by atoms with Crippen LogP contribution in [0.1, 0.15) is 5.56 Å². The number of pyridine rings is 1. The zero-order valence-corrected chi connectivity index (χ0v) is 14.5. The molecule has 128 valence electrons. The van der Waals surface area contributed by atoms with Crippen molar-refractivity contribution < 1.29 is 0 Å². The van der Waals surface area contributed by atoms with Crippen molar-refractivity contribution in [3.8, 4) is 16.9 Å². The minimum atomic E-state index is 0.480. The first-order valence-electron chi connectivity index (χ1n) is 8.05. The molecule has 0 aliphatic rings. The van der Waals surface area contributed by atoms with E-state index in [0.717, 1.165) is 22.5 Å². The van der Waals surface area contributed by atoms with E-state index in [1.165, 1.54) is 6.33 Å². The molecular formula is C19H15ClN6. The molecule has 7 heteroatoms. The molecule has 0 aliphatic heterocycles. The van der Waals surface area contributed by atoms with Gasteiger partial charge in [-0.2, -0.15) is 5.10 Å². The lowest BCUT2D eigenvalue weighted by molar-refractivity contribution is 0.883. The Kier molecular flexibility index (Phi) is 4.57. The molecule has 1 aromatic carbocycles. The minimum absolute atomic E-state index is 0.480. The Labute approximate surface area is 155 Å². The molecule has 0 atom stereocenters. The monoisotopic (exact) mass is 362 g/mol. The smallest absolute Gasteiger partial charge is 0.148 e. The summed E-state index contributed by atoms with van der Waals surface area (Å²) in [7, 11) is 0. The molecule has 0 fully saturated rings. The van der Waals surface area contributed by atoms with Crippen molar-refractivity contribution in [2.24, 2.45) is 0 Å². The van der Waals surface area contributed by atoms with E-state index in [-0.39, 0.29) is 0 Å². The average Bonchev–Trinajstić information content (AvgIpc) is 3.13. The van der Waals surface area contributed by atoms with Gasteiger partial charge in [-0.15, -0.1) is 0 Å². The van der Waals surface area contributed by atoms with Crippen LogP contribution in [0.3, 0.4) is 0 Å². The highest BCUT2D eigenvalue weighted by atomic mass is 35.5. The van der Waals surface area contributed by atoms with E-state index in [1.54, 1.807) is 18.6 Å². The van der Waals surface area contributed by atoms with Crippen molar-refractivity contribution in [3.63, 3.8) is 0 Å². The molecule has 0 saturated carbocycles. The summed E-state index contributed by atoms with van der Waals surface area (Å²) in [6.07, 6.45) is 8.55. The first-order valence-corrected chi connectivity index (χ1v) is 8.43. The number of nitrogens with one attached hydrogen (secondary N) is 1. The highest BCUT2D eigenvalue weighted by molar-refractivity contribution is 6.32. The number of nitrogens with zero attached hydrogens (tertiary/aromatic N) is 5. The number of benzene rings is 1. The van der Waals surface area contributed by atoms with E-state index in [9.17, 15) is 0 Å². The van der Waals surface area contributed by atoms with Gasteiger partial charge in [0, 0.05) is 36.3 Å². The second kappa shape index (κ2) is 7.33. The van der Waals surface area contributed by atoms with E-state index in [4.69, 9.17) is 16.7 Å². The van der Waals surface area contributed by atoms with Gasteiger partial charge < -0.3 is 5.32 Å². The molecule has 26 heavy (non-hydrogen) atoms. The van der Waals surface area contributed by atoms with Crippen molar-refractivity contribution in [1.29, 1.82) is 0 Å². The number of anilines is 1.